The first-order valence-electron chi connectivity index (χ1n) is 6.88. The molecular weight excluding hydrogens is 272 g/mol. The van der Waals surface area contributed by atoms with E-state index in [0.717, 1.165) is 49.2 Å². The first-order valence-corrected chi connectivity index (χ1v) is 7.25. The van der Waals surface area contributed by atoms with Crippen molar-refractivity contribution < 1.29 is 4.74 Å². The summed E-state index contributed by atoms with van der Waals surface area (Å²) >= 11 is 6.21. The van der Waals surface area contributed by atoms with E-state index in [1.165, 1.54) is 5.57 Å². The second-order valence-electron chi connectivity index (χ2n) is 4.88. The Morgan fingerprint density at radius 2 is 2.20 bits per heavy atom. The maximum atomic E-state index is 6.21. The summed E-state index contributed by atoms with van der Waals surface area (Å²) in [6, 6.07) is 10.1. The van der Waals surface area contributed by atoms with E-state index in [2.05, 4.69) is 22.4 Å². The Hall–Kier alpha value is -1.58. The van der Waals surface area contributed by atoms with Gasteiger partial charge in [-0.1, -0.05) is 47.5 Å². The van der Waals surface area contributed by atoms with E-state index < -0.39 is 0 Å². The molecule has 0 fully saturated rings. The molecule has 20 heavy (non-hydrogen) atoms. The van der Waals surface area contributed by atoms with E-state index in [4.69, 9.17) is 16.3 Å². The molecule has 3 rings (SSSR count). The SMILES string of the molecule is Clc1nc(NCCC2=CCOCC2)cc2ccccc12. The number of anilines is 1. The quantitative estimate of drug-likeness (QED) is 0.681. The highest BCUT2D eigenvalue weighted by Gasteiger charge is 2.05. The topological polar surface area (TPSA) is 34.2 Å². The minimum atomic E-state index is 0.552. The lowest BCUT2D eigenvalue weighted by Crippen LogP contribution is -2.09. The van der Waals surface area contributed by atoms with E-state index in [1.807, 2.05) is 24.3 Å². The summed E-state index contributed by atoms with van der Waals surface area (Å²) in [4.78, 5) is 4.39. The number of aromatic nitrogens is 1. The Morgan fingerprint density at radius 3 is 3.05 bits per heavy atom. The third kappa shape index (κ3) is 3.11. The maximum Gasteiger partial charge on any atom is 0.139 e. The molecule has 0 atom stereocenters. The number of nitrogens with one attached hydrogen (secondary N) is 1. The van der Waals surface area contributed by atoms with Crippen LogP contribution < -0.4 is 5.32 Å². The van der Waals surface area contributed by atoms with Crippen molar-refractivity contribution in [2.24, 2.45) is 0 Å². The molecule has 4 heteroatoms. The van der Waals surface area contributed by atoms with Crippen molar-refractivity contribution in [2.45, 2.75) is 12.8 Å². The molecule has 1 N–H and O–H groups in total. The van der Waals surface area contributed by atoms with Gasteiger partial charge in [-0.05, 0) is 24.3 Å². The van der Waals surface area contributed by atoms with E-state index in [-0.39, 0.29) is 0 Å². The minimum Gasteiger partial charge on any atom is -0.377 e. The van der Waals surface area contributed by atoms with Gasteiger partial charge in [0.25, 0.3) is 0 Å². The van der Waals surface area contributed by atoms with Crippen molar-refractivity contribution in [3.8, 4) is 0 Å². The van der Waals surface area contributed by atoms with E-state index >= 15 is 0 Å². The Balaban J connectivity index is 1.67. The van der Waals surface area contributed by atoms with Gasteiger partial charge in [-0.25, -0.2) is 4.98 Å². The van der Waals surface area contributed by atoms with Gasteiger partial charge in [0.15, 0.2) is 0 Å². The van der Waals surface area contributed by atoms with Gasteiger partial charge in [0.1, 0.15) is 11.0 Å². The first kappa shape index (κ1) is 13.4. The van der Waals surface area contributed by atoms with Crippen molar-refractivity contribution in [3.05, 3.63) is 47.1 Å². The van der Waals surface area contributed by atoms with Crippen LogP contribution in [0.25, 0.3) is 10.8 Å². The molecule has 0 radical (unpaired) electrons. The van der Waals surface area contributed by atoms with Crippen LogP contribution in [-0.4, -0.2) is 24.7 Å². The third-order valence-corrected chi connectivity index (χ3v) is 3.79. The smallest absolute Gasteiger partial charge is 0.139 e. The van der Waals surface area contributed by atoms with Gasteiger partial charge in [0, 0.05) is 11.9 Å². The minimum absolute atomic E-state index is 0.552. The standard InChI is InChI=1S/C16H17ClN2O/c17-16-14-4-2-1-3-13(14)11-15(19-16)18-8-5-12-6-9-20-10-7-12/h1-4,6,11H,5,7-10H2,(H,18,19). The molecule has 0 spiro atoms. The Morgan fingerprint density at radius 1 is 1.30 bits per heavy atom. The lowest BCUT2D eigenvalue weighted by atomic mass is 10.1. The van der Waals surface area contributed by atoms with Gasteiger partial charge in [0.2, 0.25) is 0 Å². The summed E-state index contributed by atoms with van der Waals surface area (Å²) in [6.45, 7) is 2.45. The molecule has 2 aromatic rings. The molecule has 1 aromatic carbocycles. The Bertz CT molecular complexity index is 639. The van der Waals surface area contributed by atoms with Crippen LogP contribution in [0.2, 0.25) is 5.15 Å². The number of nitrogens with zero attached hydrogens (tertiary/aromatic N) is 1. The average molecular weight is 289 g/mol. The van der Waals surface area contributed by atoms with E-state index in [1.54, 1.807) is 0 Å². The summed E-state index contributed by atoms with van der Waals surface area (Å²) < 4.78 is 5.30. The molecule has 0 unspecified atom stereocenters. The number of rotatable bonds is 4. The van der Waals surface area contributed by atoms with Crippen LogP contribution in [0, 0.1) is 0 Å². The molecular formula is C16H17ClN2O. The van der Waals surface area contributed by atoms with Crippen molar-refractivity contribution in [1.29, 1.82) is 0 Å². The first-order chi connectivity index (χ1) is 9.83. The molecule has 1 aromatic heterocycles. The highest BCUT2D eigenvalue weighted by atomic mass is 35.5. The largest absolute Gasteiger partial charge is 0.377 e. The van der Waals surface area contributed by atoms with Gasteiger partial charge < -0.3 is 10.1 Å². The Kier molecular flexibility index (Phi) is 4.19. The van der Waals surface area contributed by atoms with Crippen LogP contribution in [-0.2, 0) is 4.74 Å². The average Bonchev–Trinajstić information content (AvgIpc) is 2.48. The van der Waals surface area contributed by atoms with Gasteiger partial charge in [0.05, 0.1) is 13.2 Å². The Labute approximate surface area is 123 Å². The number of benzene rings is 1. The van der Waals surface area contributed by atoms with Crippen molar-refractivity contribution >= 4 is 28.2 Å². The fraction of sp³-hybridized carbons (Fsp3) is 0.312. The van der Waals surface area contributed by atoms with Crippen molar-refractivity contribution in [3.63, 3.8) is 0 Å². The summed E-state index contributed by atoms with van der Waals surface area (Å²) in [6.07, 6.45) is 4.23. The van der Waals surface area contributed by atoms with Crippen molar-refractivity contribution in [2.75, 3.05) is 25.1 Å². The molecule has 1 aliphatic heterocycles. The second kappa shape index (κ2) is 6.25. The lowest BCUT2D eigenvalue weighted by molar-refractivity contribution is 0.153. The molecule has 0 bridgehead atoms. The highest BCUT2D eigenvalue weighted by Crippen LogP contribution is 2.24. The molecule has 1 aliphatic rings. The van der Waals surface area contributed by atoms with Crippen LogP contribution in [0.4, 0.5) is 5.82 Å². The number of ether oxygens (including phenoxy) is 1. The lowest BCUT2D eigenvalue weighted by Gasteiger charge is -2.14. The van der Waals surface area contributed by atoms with Crippen LogP contribution in [0.3, 0.4) is 0 Å². The van der Waals surface area contributed by atoms with Gasteiger partial charge in [-0.15, -0.1) is 0 Å². The number of halogens is 1. The maximum absolute atomic E-state index is 6.21. The fourth-order valence-electron chi connectivity index (χ4n) is 2.39. The zero-order valence-electron chi connectivity index (χ0n) is 11.2. The van der Waals surface area contributed by atoms with Crippen LogP contribution in [0.15, 0.2) is 42.0 Å². The highest BCUT2D eigenvalue weighted by molar-refractivity contribution is 6.34. The van der Waals surface area contributed by atoms with Gasteiger partial charge in [-0.3, -0.25) is 0 Å². The van der Waals surface area contributed by atoms with Gasteiger partial charge >= 0.3 is 0 Å². The van der Waals surface area contributed by atoms with E-state index in [0.29, 0.717) is 5.15 Å². The molecule has 0 saturated carbocycles. The summed E-state index contributed by atoms with van der Waals surface area (Å²) in [7, 11) is 0. The number of fused-ring (bicyclic) bond motifs is 1. The summed E-state index contributed by atoms with van der Waals surface area (Å²) in [5, 5.41) is 6.00. The molecule has 0 aliphatic carbocycles. The normalized spacial score (nSPS) is 15.2. The third-order valence-electron chi connectivity index (χ3n) is 3.50. The van der Waals surface area contributed by atoms with Crippen molar-refractivity contribution in [1.82, 2.24) is 4.98 Å². The van der Waals surface area contributed by atoms with Crippen LogP contribution in [0.1, 0.15) is 12.8 Å². The molecule has 104 valence electrons. The predicted molar refractivity (Wildman–Crippen MR) is 83.4 cm³/mol. The zero-order chi connectivity index (χ0) is 13.8. The monoisotopic (exact) mass is 288 g/mol. The summed E-state index contributed by atoms with van der Waals surface area (Å²) in [5.41, 5.74) is 1.45. The summed E-state index contributed by atoms with van der Waals surface area (Å²) in [5.74, 6) is 0.835. The molecule has 2 heterocycles. The molecule has 3 nitrogen and oxygen atoms in total. The molecule has 0 saturated heterocycles. The van der Waals surface area contributed by atoms with E-state index in [9.17, 15) is 0 Å². The number of hydrogen-bond acceptors (Lipinski definition) is 3. The number of hydrogen-bond donors (Lipinski definition) is 1. The predicted octanol–water partition coefficient (Wildman–Crippen LogP) is 4.04. The van der Waals surface area contributed by atoms with Crippen LogP contribution in [0.5, 0.6) is 0 Å². The second-order valence-corrected chi connectivity index (χ2v) is 5.24. The molecule has 0 amide bonds. The van der Waals surface area contributed by atoms with Crippen LogP contribution >= 0.6 is 11.6 Å². The van der Waals surface area contributed by atoms with Gasteiger partial charge in [-0.2, -0.15) is 0 Å². The number of pyridine rings is 1. The fourth-order valence-corrected chi connectivity index (χ4v) is 2.65. The zero-order valence-corrected chi connectivity index (χ0v) is 12.0.